The largest absolute Gasteiger partial charge is 0.493 e. The van der Waals surface area contributed by atoms with Crippen LogP contribution in [0.15, 0.2) is 115 Å². The molecule has 12 nitrogen and oxygen atoms in total. The van der Waals surface area contributed by atoms with Gasteiger partial charge in [0, 0.05) is 24.3 Å². The van der Waals surface area contributed by atoms with E-state index in [-0.39, 0.29) is 52.2 Å². The van der Waals surface area contributed by atoms with E-state index in [0.717, 1.165) is 27.8 Å². The van der Waals surface area contributed by atoms with E-state index in [4.69, 9.17) is 47.4 Å². The first-order chi connectivity index (χ1) is 31.8. The van der Waals surface area contributed by atoms with E-state index >= 15 is 8.78 Å². The standard InChI is InChI=1S/C51H55F2NO11/c1-56-43-20-36(21-44(57-2)49(43)58-3)38-19-37(28-60-31-55)48(40-23-42-41(22-39(38)40)63-32-64-42)54-30-51(52,53)47-24-45(61-26-34-15-9-5-10-16-34)50(62-27-35-17-11-6-12-18-35)46(65-47)29-59-25-33-13-7-4-8-14-33/h4-18,20-23,31,37-38,45-48,50,54H,19,24-30,32H2,1-3H3/t37?,38-,45?,46?,47?,48?,50+/m1/s1. The molecule has 0 amide bonds. The van der Waals surface area contributed by atoms with Gasteiger partial charge in [-0.1, -0.05) is 91.0 Å². The number of carbonyl (C=O) groups excluding carboxylic acids is 1. The lowest BCUT2D eigenvalue weighted by Gasteiger charge is -2.44. The summed E-state index contributed by atoms with van der Waals surface area (Å²) in [5, 5.41) is 3.22. The van der Waals surface area contributed by atoms with Crippen molar-refractivity contribution in [2.24, 2.45) is 5.92 Å². The number of benzene rings is 5. The predicted octanol–water partition coefficient (Wildman–Crippen LogP) is 8.58. The van der Waals surface area contributed by atoms with Gasteiger partial charge in [-0.3, -0.25) is 4.79 Å². The van der Waals surface area contributed by atoms with Crippen LogP contribution in [-0.4, -0.2) is 84.7 Å². The fourth-order valence-electron chi connectivity index (χ4n) is 9.07. The zero-order chi connectivity index (χ0) is 45.2. The molecule has 2 heterocycles. The van der Waals surface area contributed by atoms with Gasteiger partial charge < -0.3 is 52.7 Å². The maximum atomic E-state index is 17.2. The van der Waals surface area contributed by atoms with Crippen molar-refractivity contribution >= 4 is 6.47 Å². The van der Waals surface area contributed by atoms with Crippen molar-refractivity contribution in [1.29, 1.82) is 0 Å². The molecule has 0 aromatic heterocycles. The van der Waals surface area contributed by atoms with Crippen LogP contribution in [0.25, 0.3) is 0 Å². The molecule has 344 valence electrons. The van der Waals surface area contributed by atoms with Gasteiger partial charge in [-0.25, -0.2) is 8.78 Å². The SMILES string of the molecule is COc1cc([C@H]2CC(COC=O)C(NCC(F)(F)C3CC(OCc4ccccc4)[C@H](OCc4ccccc4)C(COCc4ccccc4)O3)c3cc4c(cc32)OCO4)cc(OC)c1OC. The van der Waals surface area contributed by atoms with Crippen molar-refractivity contribution in [2.75, 3.05) is 47.9 Å². The Labute approximate surface area is 377 Å². The van der Waals surface area contributed by atoms with Crippen LogP contribution in [0.5, 0.6) is 28.7 Å². The summed E-state index contributed by atoms with van der Waals surface area (Å²) in [6, 6.07) is 35.6. The first-order valence-electron chi connectivity index (χ1n) is 21.8. The van der Waals surface area contributed by atoms with Crippen molar-refractivity contribution in [3.8, 4) is 28.7 Å². The quantitative estimate of drug-likeness (QED) is 0.0711. The van der Waals surface area contributed by atoms with E-state index in [1.54, 1.807) is 14.2 Å². The molecular formula is C51H55F2NO11. The molecule has 8 rings (SSSR count). The van der Waals surface area contributed by atoms with E-state index in [9.17, 15) is 4.79 Å². The zero-order valence-corrected chi connectivity index (χ0v) is 36.7. The van der Waals surface area contributed by atoms with E-state index in [1.807, 2.05) is 115 Å². The normalized spacial score (nSPS) is 22.4. The summed E-state index contributed by atoms with van der Waals surface area (Å²) >= 11 is 0. The van der Waals surface area contributed by atoms with Gasteiger partial charge in [0.25, 0.3) is 12.4 Å². The number of carbonyl (C=O) groups is 1. The third-order valence-corrected chi connectivity index (χ3v) is 12.3. The Morgan fingerprint density at radius 2 is 1.29 bits per heavy atom. The monoisotopic (exact) mass is 895 g/mol. The molecular weight excluding hydrogens is 841 g/mol. The molecule has 14 heteroatoms. The number of ether oxygens (including phenoxy) is 10. The Hall–Kier alpha value is -5.77. The number of fused-ring (bicyclic) bond motifs is 2. The van der Waals surface area contributed by atoms with Gasteiger partial charge in [0.05, 0.1) is 67.0 Å². The molecule has 7 atom stereocenters. The Morgan fingerprint density at radius 3 is 1.88 bits per heavy atom. The van der Waals surface area contributed by atoms with Crippen LogP contribution in [0, 0.1) is 5.92 Å². The molecule has 1 aliphatic carbocycles. The average molecular weight is 896 g/mol. The Balaban J connectivity index is 1.09. The van der Waals surface area contributed by atoms with Crippen LogP contribution in [0.1, 0.15) is 58.2 Å². The number of hydrogen-bond acceptors (Lipinski definition) is 12. The molecule has 0 spiro atoms. The van der Waals surface area contributed by atoms with Gasteiger partial charge >= 0.3 is 0 Å². The summed E-state index contributed by atoms with van der Waals surface area (Å²) in [5.41, 5.74) is 5.10. The van der Waals surface area contributed by atoms with E-state index < -0.39 is 48.8 Å². The van der Waals surface area contributed by atoms with Crippen LogP contribution in [0.2, 0.25) is 0 Å². The fourth-order valence-corrected chi connectivity index (χ4v) is 9.07. The van der Waals surface area contributed by atoms with Crippen LogP contribution >= 0.6 is 0 Å². The second kappa shape index (κ2) is 21.5. The van der Waals surface area contributed by atoms with Gasteiger partial charge in [-0.2, -0.15) is 0 Å². The maximum Gasteiger partial charge on any atom is 0.293 e. The molecule has 3 aliphatic rings. The third-order valence-electron chi connectivity index (χ3n) is 12.3. The van der Waals surface area contributed by atoms with Gasteiger partial charge in [-0.15, -0.1) is 0 Å². The van der Waals surface area contributed by atoms with E-state index in [1.165, 1.54) is 7.11 Å². The van der Waals surface area contributed by atoms with Crippen molar-refractivity contribution in [1.82, 2.24) is 5.32 Å². The second-order valence-corrected chi connectivity index (χ2v) is 16.4. The number of hydrogen-bond donors (Lipinski definition) is 1. The topological polar surface area (TPSA) is 121 Å². The Kier molecular flexibility index (Phi) is 15.1. The smallest absolute Gasteiger partial charge is 0.293 e. The lowest BCUT2D eigenvalue weighted by Crippen LogP contribution is -2.58. The average Bonchev–Trinajstić information content (AvgIpc) is 3.81. The first-order valence-corrected chi connectivity index (χ1v) is 21.8. The minimum Gasteiger partial charge on any atom is -0.493 e. The van der Waals surface area contributed by atoms with Gasteiger partial charge in [0.15, 0.2) is 23.0 Å². The highest BCUT2D eigenvalue weighted by atomic mass is 19.3. The summed E-state index contributed by atoms with van der Waals surface area (Å²) in [6.45, 7) is 0.210. The van der Waals surface area contributed by atoms with Gasteiger partial charge in [0.2, 0.25) is 12.5 Å². The third kappa shape index (κ3) is 10.9. The summed E-state index contributed by atoms with van der Waals surface area (Å²) in [7, 11) is 4.62. The molecule has 1 N–H and O–H groups in total. The predicted molar refractivity (Wildman–Crippen MR) is 236 cm³/mol. The van der Waals surface area contributed by atoms with Crippen LogP contribution in [-0.2, 0) is 48.3 Å². The first kappa shape index (κ1) is 45.8. The molecule has 5 unspecified atom stereocenters. The van der Waals surface area contributed by atoms with Crippen molar-refractivity contribution in [3.63, 3.8) is 0 Å². The maximum absolute atomic E-state index is 17.2. The second-order valence-electron chi connectivity index (χ2n) is 16.4. The van der Waals surface area contributed by atoms with Gasteiger partial charge in [0.1, 0.15) is 18.3 Å². The highest BCUT2D eigenvalue weighted by Gasteiger charge is 2.51. The fraction of sp³-hybridized carbons (Fsp3) is 0.392. The van der Waals surface area contributed by atoms with E-state index in [2.05, 4.69) is 5.32 Å². The number of nitrogens with one attached hydrogen (secondary N) is 1. The molecule has 0 radical (unpaired) electrons. The van der Waals surface area contributed by atoms with Crippen LogP contribution < -0.4 is 29.0 Å². The van der Waals surface area contributed by atoms with Crippen molar-refractivity contribution in [3.05, 3.63) is 149 Å². The zero-order valence-electron chi connectivity index (χ0n) is 36.7. The number of rotatable bonds is 21. The number of methoxy groups -OCH3 is 3. The number of alkyl halides is 2. The highest BCUT2D eigenvalue weighted by Crippen LogP contribution is 2.51. The summed E-state index contributed by atoms with van der Waals surface area (Å²) in [6.07, 6.45) is -3.76. The van der Waals surface area contributed by atoms with Crippen molar-refractivity contribution in [2.45, 2.75) is 75.0 Å². The minimum absolute atomic E-state index is 0.0136. The summed E-state index contributed by atoms with van der Waals surface area (Å²) < 4.78 is 94.1. The summed E-state index contributed by atoms with van der Waals surface area (Å²) in [4.78, 5) is 11.7. The van der Waals surface area contributed by atoms with E-state index in [0.29, 0.717) is 47.2 Å². The Morgan fingerprint density at radius 1 is 0.708 bits per heavy atom. The molecule has 65 heavy (non-hydrogen) atoms. The number of halogens is 2. The molecule has 1 fully saturated rings. The molecule has 2 aliphatic heterocycles. The minimum atomic E-state index is -3.43. The molecule has 1 saturated heterocycles. The van der Waals surface area contributed by atoms with Gasteiger partial charge in [-0.05, 0) is 64.1 Å². The lowest BCUT2D eigenvalue weighted by molar-refractivity contribution is -0.261. The molecule has 5 aromatic carbocycles. The molecule has 0 bridgehead atoms. The summed E-state index contributed by atoms with van der Waals surface area (Å²) in [5.74, 6) is -1.85. The van der Waals surface area contributed by atoms with Crippen molar-refractivity contribution < 1.29 is 60.9 Å². The van der Waals surface area contributed by atoms with Crippen LogP contribution in [0.4, 0.5) is 8.78 Å². The lowest BCUT2D eigenvalue weighted by atomic mass is 9.71. The Bertz CT molecular complexity index is 2280. The molecule has 5 aromatic rings. The molecule has 0 saturated carbocycles. The van der Waals surface area contributed by atoms with Crippen LogP contribution in [0.3, 0.4) is 0 Å². The highest BCUT2D eigenvalue weighted by molar-refractivity contribution is 5.59.